The summed E-state index contributed by atoms with van der Waals surface area (Å²) in [6, 6.07) is 1.13. The van der Waals surface area contributed by atoms with Crippen molar-refractivity contribution >= 4 is 8.30 Å². The van der Waals surface area contributed by atoms with Crippen molar-refractivity contribution in [3.05, 3.63) is 0 Å². The zero-order valence-electron chi connectivity index (χ0n) is 11.4. The van der Waals surface area contributed by atoms with Gasteiger partial charge in [0.05, 0.1) is 6.61 Å². The molecule has 0 spiro atoms. The van der Waals surface area contributed by atoms with Crippen LogP contribution in [0, 0.1) is 0 Å². The maximum Gasteiger partial charge on any atom is 0.107 e. The molecule has 0 N–H and O–H groups in total. The second kappa shape index (κ2) is 7.60. The minimum absolute atomic E-state index is 0.435. The number of rotatable bonds is 7. The molecule has 2 nitrogen and oxygen atoms in total. The fourth-order valence-corrected chi connectivity index (χ4v) is 3.96. The van der Waals surface area contributed by atoms with Crippen LogP contribution in [-0.4, -0.2) is 29.0 Å². The Balaban J connectivity index is 4.53. The largest absolute Gasteiger partial charge is 0.343 e. The molecule has 0 fully saturated rings. The Labute approximate surface area is 97.3 Å². The smallest absolute Gasteiger partial charge is 0.107 e. The van der Waals surface area contributed by atoms with Crippen molar-refractivity contribution in [3.8, 4) is 0 Å². The molecule has 1 atom stereocenters. The molecule has 15 heavy (non-hydrogen) atoms. The molecule has 0 bridgehead atoms. The van der Waals surface area contributed by atoms with Crippen LogP contribution in [0.25, 0.3) is 0 Å². The summed E-state index contributed by atoms with van der Waals surface area (Å²) in [5, 5.41) is 0. The molecule has 3 heteroatoms. The minimum Gasteiger partial charge on any atom is -0.343 e. The molecule has 0 aliphatic rings. The first-order valence-electron chi connectivity index (χ1n) is 6.12. The van der Waals surface area contributed by atoms with Crippen LogP contribution in [0.3, 0.4) is 0 Å². The summed E-state index contributed by atoms with van der Waals surface area (Å²) in [5.41, 5.74) is 0.608. The zero-order valence-corrected chi connectivity index (χ0v) is 12.3. The minimum atomic E-state index is -0.435. The number of hydrogen-bond donors (Lipinski definition) is 0. The zero-order chi connectivity index (χ0) is 12.0. The van der Waals surface area contributed by atoms with Crippen molar-refractivity contribution in [1.82, 2.24) is 4.67 Å². The van der Waals surface area contributed by atoms with Gasteiger partial charge in [0.2, 0.25) is 0 Å². The average Bonchev–Trinajstić information content (AvgIpc) is 2.09. The Morgan fingerprint density at radius 1 is 1.00 bits per heavy atom. The fraction of sp³-hybridized carbons (Fsp3) is 1.00. The van der Waals surface area contributed by atoms with Gasteiger partial charge in [0.15, 0.2) is 0 Å². The molecule has 0 aromatic carbocycles. The Morgan fingerprint density at radius 2 is 1.47 bits per heavy atom. The van der Waals surface area contributed by atoms with Crippen LogP contribution in [0.4, 0.5) is 0 Å². The van der Waals surface area contributed by atoms with Crippen LogP contribution in [-0.2, 0) is 4.52 Å². The average molecular weight is 233 g/mol. The lowest BCUT2D eigenvalue weighted by Crippen LogP contribution is -2.35. The van der Waals surface area contributed by atoms with Crippen molar-refractivity contribution in [2.45, 2.75) is 72.6 Å². The van der Waals surface area contributed by atoms with Crippen molar-refractivity contribution in [3.63, 3.8) is 0 Å². The SMILES string of the molecule is CCCOP(C(C)C)N(C(C)C)C(C)C. The van der Waals surface area contributed by atoms with Crippen LogP contribution in [0.15, 0.2) is 0 Å². The molecule has 92 valence electrons. The van der Waals surface area contributed by atoms with Crippen LogP contribution in [0.5, 0.6) is 0 Å². The van der Waals surface area contributed by atoms with Crippen LogP contribution >= 0.6 is 8.30 Å². The van der Waals surface area contributed by atoms with E-state index in [-0.39, 0.29) is 0 Å². The first kappa shape index (κ1) is 15.3. The Bertz CT molecular complexity index is 152. The Kier molecular flexibility index (Phi) is 7.77. The third-order valence-corrected chi connectivity index (χ3v) is 4.86. The van der Waals surface area contributed by atoms with E-state index in [0.29, 0.717) is 17.7 Å². The molecule has 0 amide bonds. The summed E-state index contributed by atoms with van der Waals surface area (Å²) in [7, 11) is -0.435. The molecule has 0 aromatic heterocycles. The van der Waals surface area contributed by atoms with Crippen LogP contribution in [0.1, 0.15) is 54.9 Å². The monoisotopic (exact) mass is 233 g/mol. The molecule has 0 saturated heterocycles. The van der Waals surface area contributed by atoms with E-state index in [1.807, 2.05) is 0 Å². The van der Waals surface area contributed by atoms with E-state index < -0.39 is 8.30 Å². The number of nitrogens with zero attached hydrogens (tertiary/aromatic N) is 1. The highest BCUT2D eigenvalue weighted by molar-refractivity contribution is 7.50. The van der Waals surface area contributed by atoms with Gasteiger partial charge < -0.3 is 4.52 Å². The highest BCUT2D eigenvalue weighted by Gasteiger charge is 2.27. The van der Waals surface area contributed by atoms with Gasteiger partial charge in [0.1, 0.15) is 8.30 Å². The van der Waals surface area contributed by atoms with E-state index in [4.69, 9.17) is 4.52 Å². The maximum absolute atomic E-state index is 6.03. The molecule has 0 radical (unpaired) electrons. The standard InChI is InChI=1S/C12H28NOP/c1-8-9-14-15(12(6)7)13(10(2)3)11(4)5/h10-12H,8-9H2,1-7H3. The first-order chi connectivity index (χ1) is 6.91. The lowest BCUT2D eigenvalue weighted by Gasteiger charge is -2.39. The topological polar surface area (TPSA) is 12.5 Å². The molecule has 0 aromatic rings. The van der Waals surface area contributed by atoms with Gasteiger partial charge in [-0.2, -0.15) is 0 Å². The highest BCUT2D eigenvalue weighted by atomic mass is 31.2. The van der Waals surface area contributed by atoms with Gasteiger partial charge in [0, 0.05) is 17.7 Å². The summed E-state index contributed by atoms with van der Waals surface area (Å²) in [6.07, 6.45) is 1.11. The predicted octanol–water partition coefficient (Wildman–Crippen LogP) is 4.25. The normalized spacial score (nSPS) is 14.6. The van der Waals surface area contributed by atoms with E-state index in [1.54, 1.807) is 0 Å². The molecular formula is C12H28NOP. The first-order valence-corrected chi connectivity index (χ1v) is 7.40. The summed E-state index contributed by atoms with van der Waals surface area (Å²) in [5.74, 6) is 0. The van der Waals surface area contributed by atoms with E-state index in [1.165, 1.54) is 0 Å². The molecule has 0 aliphatic carbocycles. The van der Waals surface area contributed by atoms with Crippen LogP contribution < -0.4 is 0 Å². The van der Waals surface area contributed by atoms with Gasteiger partial charge in [-0.25, -0.2) is 0 Å². The predicted molar refractivity (Wildman–Crippen MR) is 70.4 cm³/mol. The Morgan fingerprint density at radius 3 is 1.73 bits per heavy atom. The molecular weight excluding hydrogens is 205 g/mol. The van der Waals surface area contributed by atoms with Crippen LogP contribution in [0.2, 0.25) is 0 Å². The molecule has 0 aliphatic heterocycles. The molecule has 1 unspecified atom stereocenters. The third kappa shape index (κ3) is 5.29. The lowest BCUT2D eigenvalue weighted by atomic mass is 10.3. The van der Waals surface area contributed by atoms with Gasteiger partial charge in [-0.15, -0.1) is 0 Å². The summed E-state index contributed by atoms with van der Waals surface area (Å²) in [4.78, 5) is 0. The van der Waals surface area contributed by atoms with Gasteiger partial charge in [-0.1, -0.05) is 20.8 Å². The van der Waals surface area contributed by atoms with Crippen molar-refractivity contribution in [1.29, 1.82) is 0 Å². The molecule has 0 saturated carbocycles. The van der Waals surface area contributed by atoms with Gasteiger partial charge in [-0.3, -0.25) is 4.67 Å². The highest BCUT2D eigenvalue weighted by Crippen LogP contribution is 2.48. The van der Waals surface area contributed by atoms with Gasteiger partial charge in [0.25, 0.3) is 0 Å². The molecule has 0 rings (SSSR count). The lowest BCUT2D eigenvalue weighted by molar-refractivity contribution is 0.250. The van der Waals surface area contributed by atoms with Crippen molar-refractivity contribution in [2.24, 2.45) is 0 Å². The van der Waals surface area contributed by atoms with E-state index in [9.17, 15) is 0 Å². The molecule has 0 heterocycles. The second-order valence-corrected chi connectivity index (χ2v) is 7.15. The van der Waals surface area contributed by atoms with E-state index in [2.05, 4.69) is 53.1 Å². The van der Waals surface area contributed by atoms with Crippen molar-refractivity contribution in [2.75, 3.05) is 6.61 Å². The fourth-order valence-electron chi connectivity index (χ4n) is 1.72. The maximum atomic E-state index is 6.03. The second-order valence-electron chi connectivity index (χ2n) is 4.80. The quantitative estimate of drug-likeness (QED) is 0.609. The summed E-state index contributed by atoms with van der Waals surface area (Å²) < 4.78 is 8.55. The number of hydrogen-bond acceptors (Lipinski definition) is 2. The summed E-state index contributed by atoms with van der Waals surface area (Å²) in [6.45, 7) is 16.6. The third-order valence-electron chi connectivity index (χ3n) is 2.16. The summed E-state index contributed by atoms with van der Waals surface area (Å²) >= 11 is 0. The van der Waals surface area contributed by atoms with E-state index >= 15 is 0 Å². The van der Waals surface area contributed by atoms with E-state index in [0.717, 1.165) is 13.0 Å². The van der Waals surface area contributed by atoms with Crippen molar-refractivity contribution < 1.29 is 4.52 Å². The van der Waals surface area contributed by atoms with Gasteiger partial charge in [-0.05, 0) is 34.1 Å². The van der Waals surface area contributed by atoms with Gasteiger partial charge >= 0.3 is 0 Å². The Hall–Kier alpha value is 0.350.